The molecule has 0 radical (unpaired) electrons. The molecule has 0 saturated heterocycles. The van der Waals surface area contributed by atoms with Gasteiger partial charge in [-0.05, 0) is 55.3 Å². The summed E-state index contributed by atoms with van der Waals surface area (Å²) in [6.07, 6.45) is 3.88. The largest absolute Gasteiger partial charge is 0.326 e. The number of nitrogens with one attached hydrogen (secondary N) is 2. The van der Waals surface area contributed by atoms with Gasteiger partial charge >= 0.3 is 0 Å². The summed E-state index contributed by atoms with van der Waals surface area (Å²) in [5.41, 5.74) is 2.23. The van der Waals surface area contributed by atoms with E-state index in [1.165, 1.54) is 6.92 Å². The lowest BCUT2D eigenvalue weighted by Gasteiger charge is -2.11. The monoisotopic (exact) mass is 390 g/mol. The first-order chi connectivity index (χ1) is 14.0. The number of carbonyl (C=O) groups is 2. The number of nitrogens with zero attached hydrogens (tertiary/aromatic N) is 2. The maximum absolute atomic E-state index is 12.8. The van der Waals surface area contributed by atoms with Crippen molar-refractivity contribution >= 4 is 34.1 Å². The van der Waals surface area contributed by atoms with Crippen molar-refractivity contribution in [3.63, 3.8) is 0 Å². The standard InChI is InChI=1S/C22H22N4O3/c1-14(27)23-16-7-9-17(10-8-16)24-21(28)15-6-11-18-19(13-15)25-20-5-3-2-4-12-26(20)22(18)29/h6-11,13H,2-5,12H2,1H3,(H,23,27)(H,24,28). The number of aryl methyl sites for hydroxylation is 1. The number of fused-ring (bicyclic) bond motifs is 2. The minimum atomic E-state index is -0.281. The van der Waals surface area contributed by atoms with Gasteiger partial charge in [-0.25, -0.2) is 4.98 Å². The average Bonchev–Trinajstić information content (AvgIpc) is 2.94. The van der Waals surface area contributed by atoms with Gasteiger partial charge in [0, 0.05) is 36.8 Å². The molecule has 2 N–H and O–H groups in total. The zero-order chi connectivity index (χ0) is 20.4. The lowest BCUT2D eigenvalue weighted by Crippen LogP contribution is -2.24. The van der Waals surface area contributed by atoms with Gasteiger partial charge in [0.2, 0.25) is 5.91 Å². The molecule has 0 fully saturated rings. The molecule has 0 unspecified atom stereocenters. The van der Waals surface area contributed by atoms with Crippen LogP contribution in [-0.4, -0.2) is 21.4 Å². The molecule has 7 nitrogen and oxygen atoms in total. The van der Waals surface area contributed by atoms with Crippen LogP contribution in [0.2, 0.25) is 0 Å². The maximum Gasteiger partial charge on any atom is 0.261 e. The summed E-state index contributed by atoms with van der Waals surface area (Å²) < 4.78 is 1.77. The zero-order valence-electron chi connectivity index (χ0n) is 16.2. The van der Waals surface area contributed by atoms with Crippen LogP contribution in [0.1, 0.15) is 42.4 Å². The molecule has 2 amide bonds. The fraction of sp³-hybridized carbons (Fsp3) is 0.273. The van der Waals surface area contributed by atoms with Crippen molar-refractivity contribution in [3.8, 4) is 0 Å². The van der Waals surface area contributed by atoms with E-state index in [0.29, 0.717) is 34.4 Å². The number of amides is 2. The van der Waals surface area contributed by atoms with E-state index in [1.807, 2.05) is 0 Å². The summed E-state index contributed by atoms with van der Waals surface area (Å²) in [6, 6.07) is 11.9. The van der Waals surface area contributed by atoms with Crippen LogP contribution in [-0.2, 0) is 17.8 Å². The van der Waals surface area contributed by atoms with Crippen LogP contribution < -0.4 is 16.2 Å². The SMILES string of the molecule is CC(=O)Nc1ccc(NC(=O)c2ccc3c(=O)n4c(nc3c2)CCCCC4)cc1. The lowest BCUT2D eigenvalue weighted by molar-refractivity contribution is -0.114. The first kappa shape index (κ1) is 18.9. The molecule has 0 aliphatic carbocycles. The normalized spacial score (nSPS) is 13.4. The summed E-state index contributed by atoms with van der Waals surface area (Å²) in [7, 11) is 0. The van der Waals surface area contributed by atoms with Crippen molar-refractivity contribution in [1.82, 2.24) is 9.55 Å². The Bertz CT molecular complexity index is 1150. The molecule has 0 atom stereocenters. The number of anilines is 2. The Hall–Kier alpha value is -3.48. The van der Waals surface area contributed by atoms with Crippen LogP contribution in [0.5, 0.6) is 0 Å². The van der Waals surface area contributed by atoms with Gasteiger partial charge in [-0.2, -0.15) is 0 Å². The second-order valence-electron chi connectivity index (χ2n) is 7.24. The Kier molecular flexibility index (Phi) is 5.12. The summed E-state index contributed by atoms with van der Waals surface area (Å²) in [5, 5.41) is 6.04. The third-order valence-electron chi connectivity index (χ3n) is 5.04. The van der Waals surface area contributed by atoms with E-state index in [2.05, 4.69) is 15.6 Å². The van der Waals surface area contributed by atoms with Crippen molar-refractivity contribution in [3.05, 3.63) is 64.2 Å². The number of aromatic nitrogens is 2. The summed E-state index contributed by atoms with van der Waals surface area (Å²) in [4.78, 5) is 41.2. The van der Waals surface area contributed by atoms with Crippen molar-refractivity contribution in [2.45, 2.75) is 39.2 Å². The van der Waals surface area contributed by atoms with E-state index in [-0.39, 0.29) is 17.4 Å². The quantitative estimate of drug-likeness (QED) is 0.717. The Balaban J connectivity index is 1.59. The van der Waals surface area contributed by atoms with Gasteiger partial charge in [0.15, 0.2) is 0 Å². The summed E-state index contributed by atoms with van der Waals surface area (Å²) in [6.45, 7) is 2.14. The number of hydrogen-bond donors (Lipinski definition) is 2. The Morgan fingerprint density at radius 3 is 2.41 bits per heavy atom. The topological polar surface area (TPSA) is 93.1 Å². The first-order valence-electron chi connectivity index (χ1n) is 9.74. The number of carbonyl (C=O) groups excluding carboxylic acids is 2. The molecule has 0 spiro atoms. The first-order valence-corrected chi connectivity index (χ1v) is 9.74. The Labute approximate surface area is 167 Å². The molecular formula is C22H22N4O3. The van der Waals surface area contributed by atoms with E-state index in [0.717, 1.165) is 31.5 Å². The van der Waals surface area contributed by atoms with E-state index < -0.39 is 0 Å². The molecule has 0 saturated carbocycles. The highest BCUT2D eigenvalue weighted by atomic mass is 16.2. The van der Waals surface area contributed by atoms with Gasteiger partial charge in [-0.15, -0.1) is 0 Å². The van der Waals surface area contributed by atoms with Gasteiger partial charge in [0.25, 0.3) is 11.5 Å². The molecule has 29 heavy (non-hydrogen) atoms. The predicted molar refractivity (Wildman–Crippen MR) is 112 cm³/mol. The molecule has 4 rings (SSSR count). The molecule has 7 heteroatoms. The second-order valence-corrected chi connectivity index (χ2v) is 7.24. The Morgan fingerprint density at radius 2 is 1.69 bits per heavy atom. The van der Waals surface area contributed by atoms with E-state index in [1.54, 1.807) is 47.0 Å². The Morgan fingerprint density at radius 1 is 0.966 bits per heavy atom. The summed E-state index contributed by atoms with van der Waals surface area (Å²) in [5.74, 6) is 0.362. The van der Waals surface area contributed by atoms with Crippen LogP contribution in [0.4, 0.5) is 11.4 Å². The van der Waals surface area contributed by atoms with E-state index in [4.69, 9.17) is 0 Å². The maximum atomic E-state index is 12.8. The van der Waals surface area contributed by atoms with Crippen molar-refractivity contribution < 1.29 is 9.59 Å². The van der Waals surface area contributed by atoms with Gasteiger partial charge in [0.05, 0.1) is 10.9 Å². The molecule has 1 aliphatic heterocycles. The van der Waals surface area contributed by atoms with Crippen molar-refractivity contribution in [2.24, 2.45) is 0 Å². The molecule has 148 valence electrons. The van der Waals surface area contributed by atoms with Crippen LogP contribution >= 0.6 is 0 Å². The van der Waals surface area contributed by atoms with E-state index in [9.17, 15) is 14.4 Å². The van der Waals surface area contributed by atoms with Gasteiger partial charge in [0.1, 0.15) is 5.82 Å². The highest BCUT2D eigenvalue weighted by molar-refractivity contribution is 6.06. The van der Waals surface area contributed by atoms with Crippen molar-refractivity contribution in [2.75, 3.05) is 10.6 Å². The van der Waals surface area contributed by atoms with Crippen LogP contribution in [0.15, 0.2) is 47.3 Å². The van der Waals surface area contributed by atoms with Gasteiger partial charge in [-0.1, -0.05) is 6.42 Å². The van der Waals surface area contributed by atoms with Crippen molar-refractivity contribution in [1.29, 1.82) is 0 Å². The van der Waals surface area contributed by atoms with Crippen LogP contribution in [0.3, 0.4) is 0 Å². The minimum absolute atomic E-state index is 0.0348. The van der Waals surface area contributed by atoms with Gasteiger partial charge < -0.3 is 10.6 Å². The summed E-state index contributed by atoms with van der Waals surface area (Å²) >= 11 is 0. The fourth-order valence-electron chi connectivity index (χ4n) is 3.60. The minimum Gasteiger partial charge on any atom is -0.326 e. The lowest BCUT2D eigenvalue weighted by atomic mass is 10.1. The smallest absolute Gasteiger partial charge is 0.261 e. The molecule has 0 bridgehead atoms. The van der Waals surface area contributed by atoms with E-state index >= 15 is 0 Å². The zero-order valence-corrected chi connectivity index (χ0v) is 16.2. The molecule has 1 aromatic heterocycles. The third kappa shape index (κ3) is 4.03. The number of rotatable bonds is 3. The second kappa shape index (κ2) is 7.87. The number of hydrogen-bond acceptors (Lipinski definition) is 4. The third-order valence-corrected chi connectivity index (χ3v) is 5.04. The predicted octanol–water partition coefficient (Wildman–Crippen LogP) is 3.33. The molecule has 3 aromatic rings. The molecular weight excluding hydrogens is 368 g/mol. The fourth-order valence-corrected chi connectivity index (χ4v) is 3.60. The molecule has 2 aromatic carbocycles. The van der Waals surface area contributed by atoms with Crippen LogP contribution in [0.25, 0.3) is 10.9 Å². The molecule has 1 aliphatic rings. The average molecular weight is 390 g/mol. The highest BCUT2D eigenvalue weighted by Gasteiger charge is 2.15. The van der Waals surface area contributed by atoms with Crippen LogP contribution in [0, 0.1) is 0 Å². The number of benzene rings is 2. The molecule has 2 heterocycles. The van der Waals surface area contributed by atoms with Gasteiger partial charge in [-0.3, -0.25) is 19.0 Å². The highest BCUT2D eigenvalue weighted by Crippen LogP contribution is 2.18.